The molecule has 0 unspecified atom stereocenters. The topological polar surface area (TPSA) is 64.4 Å². The monoisotopic (exact) mass is 237 g/mol. The van der Waals surface area contributed by atoms with Gasteiger partial charge in [0.1, 0.15) is 0 Å². The van der Waals surface area contributed by atoms with Crippen molar-refractivity contribution in [1.29, 1.82) is 0 Å². The van der Waals surface area contributed by atoms with Gasteiger partial charge in [-0.1, -0.05) is 25.4 Å². The zero-order valence-corrected chi connectivity index (χ0v) is 10.2. The van der Waals surface area contributed by atoms with Crippen LogP contribution in [0.15, 0.2) is 41.2 Å². The molecule has 1 aromatic carbocycles. The SMILES string of the molecule is CC(C)C(=Nc1ccc(Cl)cc1)C(N)=CN. The minimum absolute atomic E-state index is 0.218. The maximum absolute atomic E-state index is 5.80. The summed E-state index contributed by atoms with van der Waals surface area (Å²) in [5, 5.41) is 0.687. The number of aliphatic imine (C=N–C) groups is 1. The summed E-state index contributed by atoms with van der Waals surface area (Å²) < 4.78 is 0. The lowest BCUT2D eigenvalue weighted by molar-refractivity contribution is 0.879. The van der Waals surface area contributed by atoms with Gasteiger partial charge in [-0.15, -0.1) is 0 Å². The molecule has 0 aliphatic rings. The van der Waals surface area contributed by atoms with Crippen molar-refractivity contribution in [3.05, 3.63) is 41.2 Å². The van der Waals surface area contributed by atoms with Gasteiger partial charge in [0, 0.05) is 11.2 Å². The summed E-state index contributed by atoms with van der Waals surface area (Å²) in [6.07, 6.45) is 1.37. The fourth-order valence-electron chi connectivity index (χ4n) is 1.27. The summed E-state index contributed by atoms with van der Waals surface area (Å²) in [4.78, 5) is 4.45. The molecule has 0 radical (unpaired) electrons. The van der Waals surface area contributed by atoms with Crippen LogP contribution in [0.1, 0.15) is 13.8 Å². The third kappa shape index (κ3) is 3.28. The minimum Gasteiger partial charge on any atom is -0.403 e. The smallest absolute Gasteiger partial charge is 0.0693 e. The summed E-state index contributed by atoms with van der Waals surface area (Å²) >= 11 is 5.80. The van der Waals surface area contributed by atoms with Crippen molar-refractivity contribution in [2.24, 2.45) is 22.4 Å². The van der Waals surface area contributed by atoms with Crippen molar-refractivity contribution >= 4 is 23.0 Å². The fraction of sp³-hybridized carbons (Fsp3) is 0.250. The lowest BCUT2D eigenvalue weighted by Gasteiger charge is -2.10. The molecule has 0 heterocycles. The van der Waals surface area contributed by atoms with Crippen LogP contribution < -0.4 is 11.5 Å². The first-order chi connectivity index (χ1) is 7.54. The number of nitrogens with zero attached hydrogens (tertiary/aromatic N) is 1. The molecule has 0 aromatic heterocycles. The van der Waals surface area contributed by atoms with Gasteiger partial charge in [0.25, 0.3) is 0 Å². The Balaban J connectivity index is 3.07. The van der Waals surface area contributed by atoms with E-state index < -0.39 is 0 Å². The predicted octanol–water partition coefficient (Wildman–Crippen LogP) is 2.83. The van der Waals surface area contributed by atoms with Crippen molar-refractivity contribution in [2.75, 3.05) is 0 Å². The third-order valence-corrected chi connectivity index (χ3v) is 2.35. The fourth-order valence-corrected chi connectivity index (χ4v) is 1.39. The molecule has 4 N–H and O–H groups in total. The van der Waals surface area contributed by atoms with Gasteiger partial charge in [-0.05, 0) is 30.2 Å². The molecule has 0 aliphatic heterocycles. The second-order valence-corrected chi connectivity index (χ2v) is 4.19. The third-order valence-electron chi connectivity index (χ3n) is 2.10. The maximum Gasteiger partial charge on any atom is 0.0693 e. The zero-order chi connectivity index (χ0) is 12.1. The van der Waals surface area contributed by atoms with E-state index in [4.69, 9.17) is 23.1 Å². The van der Waals surface area contributed by atoms with Crippen molar-refractivity contribution in [2.45, 2.75) is 13.8 Å². The second kappa shape index (κ2) is 5.56. The number of hydrogen-bond acceptors (Lipinski definition) is 3. The van der Waals surface area contributed by atoms with Gasteiger partial charge in [0.2, 0.25) is 0 Å². The van der Waals surface area contributed by atoms with E-state index in [2.05, 4.69) is 4.99 Å². The van der Waals surface area contributed by atoms with E-state index >= 15 is 0 Å². The summed E-state index contributed by atoms with van der Waals surface area (Å²) in [7, 11) is 0. The Labute approximate surface area is 101 Å². The zero-order valence-electron chi connectivity index (χ0n) is 9.44. The van der Waals surface area contributed by atoms with Crippen molar-refractivity contribution in [3.63, 3.8) is 0 Å². The first-order valence-electron chi connectivity index (χ1n) is 5.06. The van der Waals surface area contributed by atoms with Crippen LogP contribution >= 0.6 is 11.6 Å². The molecule has 0 saturated carbocycles. The molecular weight excluding hydrogens is 222 g/mol. The van der Waals surface area contributed by atoms with E-state index in [0.717, 1.165) is 11.4 Å². The van der Waals surface area contributed by atoms with E-state index in [1.165, 1.54) is 6.20 Å². The molecule has 0 spiro atoms. The van der Waals surface area contributed by atoms with Gasteiger partial charge < -0.3 is 11.5 Å². The molecule has 0 atom stereocenters. The molecule has 1 aromatic rings. The number of allylic oxidation sites excluding steroid dienone is 1. The molecule has 0 saturated heterocycles. The van der Waals surface area contributed by atoms with Crippen LogP contribution in [0.5, 0.6) is 0 Å². The number of rotatable bonds is 3. The normalized spacial score (nSPS) is 13.2. The van der Waals surface area contributed by atoms with Crippen LogP contribution in [-0.2, 0) is 0 Å². The molecule has 16 heavy (non-hydrogen) atoms. The molecule has 0 fully saturated rings. The summed E-state index contributed by atoms with van der Waals surface area (Å²) in [6, 6.07) is 7.27. The average molecular weight is 238 g/mol. The Kier molecular flexibility index (Phi) is 4.38. The molecule has 3 nitrogen and oxygen atoms in total. The van der Waals surface area contributed by atoms with Crippen molar-refractivity contribution < 1.29 is 0 Å². The molecular formula is C12H16ClN3. The largest absolute Gasteiger partial charge is 0.403 e. The highest BCUT2D eigenvalue weighted by Gasteiger charge is 2.08. The lowest BCUT2D eigenvalue weighted by Crippen LogP contribution is -2.18. The van der Waals surface area contributed by atoms with E-state index in [9.17, 15) is 0 Å². The molecule has 86 valence electrons. The molecule has 0 bridgehead atoms. The van der Waals surface area contributed by atoms with Crippen LogP contribution in [0.25, 0.3) is 0 Å². The van der Waals surface area contributed by atoms with Gasteiger partial charge in [0.05, 0.1) is 17.1 Å². The Hall–Kier alpha value is -1.48. The van der Waals surface area contributed by atoms with E-state index in [-0.39, 0.29) is 5.92 Å². The Morgan fingerprint density at radius 3 is 2.31 bits per heavy atom. The van der Waals surface area contributed by atoms with Gasteiger partial charge in [-0.2, -0.15) is 0 Å². The summed E-state index contributed by atoms with van der Waals surface area (Å²) in [5.74, 6) is 0.218. The highest BCUT2D eigenvalue weighted by Crippen LogP contribution is 2.18. The Morgan fingerprint density at radius 2 is 1.88 bits per heavy atom. The first kappa shape index (κ1) is 12.6. The highest BCUT2D eigenvalue weighted by molar-refractivity contribution is 6.30. The van der Waals surface area contributed by atoms with Gasteiger partial charge in [-0.3, -0.25) is 4.99 Å². The first-order valence-corrected chi connectivity index (χ1v) is 5.44. The van der Waals surface area contributed by atoms with Gasteiger partial charge in [0.15, 0.2) is 0 Å². The van der Waals surface area contributed by atoms with Crippen LogP contribution in [-0.4, -0.2) is 5.71 Å². The second-order valence-electron chi connectivity index (χ2n) is 3.75. The number of nitrogens with two attached hydrogens (primary N) is 2. The molecule has 4 heteroatoms. The van der Waals surface area contributed by atoms with Gasteiger partial charge >= 0.3 is 0 Å². The predicted molar refractivity (Wildman–Crippen MR) is 69.8 cm³/mol. The summed E-state index contributed by atoms with van der Waals surface area (Å²) in [5.41, 5.74) is 13.3. The van der Waals surface area contributed by atoms with E-state index in [1.807, 2.05) is 26.0 Å². The number of benzene rings is 1. The molecule has 0 amide bonds. The standard InChI is InChI=1S/C12H16ClN3/c1-8(2)12(11(15)7-14)16-10-5-3-9(13)4-6-10/h3-8H,14-15H2,1-2H3. The number of hydrogen-bond donors (Lipinski definition) is 2. The molecule has 1 rings (SSSR count). The van der Waals surface area contributed by atoms with Crippen LogP contribution in [0.4, 0.5) is 5.69 Å². The highest BCUT2D eigenvalue weighted by atomic mass is 35.5. The molecule has 0 aliphatic carbocycles. The minimum atomic E-state index is 0.218. The van der Waals surface area contributed by atoms with Gasteiger partial charge in [-0.25, -0.2) is 0 Å². The Morgan fingerprint density at radius 1 is 1.31 bits per heavy atom. The van der Waals surface area contributed by atoms with Crippen LogP contribution in [0, 0.1) is 5.92 Å². The summed E-state index contributed by atoms with van der Waals surface area (Å²) in [6.45, 7) is 4.04. The Bertz CT molecular complexity index is 405. The van der Waals surface area contributed by atoms with Crippen molar-refractivity contribution in [1.82, 2.24) is 0 Å². The van der Waals surface area contributed by atoms with Crippen molar-refractivity contribution in [3.8, 4) is 0 Å². The quantitative estimate of drug-likeness (QED) is 0.794. The lowest BCUT2D eigenvalue weighted by atomic mass is 10.1. The average Bonchev–Trinajstić information content (AvgIpc) is 2.27. The maximum atomic E-state index is 5.80. The van der Waals surface area contributed by atoms with E-state index in [1.54, 1.807) is 12.1 Å². The van der Waals surface area contributed by atoms with Crippen LogP contribution in [0.2, 0.25) is 5.02 Å². The van der Waals surface area contributed by atoms with Crippen LogP contribution in [0.3, 0.4) is 0 Å². The van der Waals surface area contributed by atoms with E-state index in [0.29, 0.717) is 10.7 Å². The number of halogens is 1.